The third kappa shape index (κ3) is 2.81. The lowest BCUT2D eigenvalue weighted by Crippen LogP contribution is -2.26. The highest BCUT2D eigenvalue weighted by molar-refractivity contribution is 7.09. The van der Waals surface area contributed by atoms with E-state index in [4.69, 9.17) is 28.9 Å². The maximum absolute atomic E-state index is 6.27. The van der Waals surface area contributed by atoms with Crippen molar-refractivity contribution in [1.82, 2.24) is 4.98 Å². The van der Waals surface area contributed by atoms with Crippen molar-refractivity contribution in [2.24, 2.45) is 0 Å². The van der Waals surface area contributed by atoms with Crippen LogP contribution in [-0.2, 0) is 6.54 Å². The molecule has 1 aliphatic carbocycles. The van der Waals surface area contributed by atoms with E-state index in [9.17, 15) is 0 Å². The molecule has 0 radical (unpaired) electrons. The molecule has 3 rings (SSSR count). The molecule has 2 aromatic heterocycles. The van der Waals surface area contributed by atoms with Crippen LogP contribution in [0.25, 0.3) is 0 Å². The summed E-state index contributed by atoms with van der Waals surface area (Å²) in [5.41, 5.74) is 5.80. The number of hydrogen-bond acceptors (Lipinski definition) is 4. The number of pyridine rings is 1. The Morgan fingerprint density at radius 1 is 1.37 bits per heavy atom. The van der Waals surface area contributed by atoms with Crippen LogP contribution in [0.3, 0.4) is 0 Å². The van der Waals surface area contributed by atoms with Gasteiger partial charge in [-0.05, 0) is 30.4 Å². The lowest BCUT2D eigenvalue weighted by atomic mass is 10.3. The van der Waals surface area contributed by atoms with Crippen molar-refractivity contribution in [2.45, 2.75) is 25.4 Å². The molecule has 100 valence electrons. The summed E-state index contributed by atoms with van der Waals surface area (Å²) in [7, 11) is 0. The second-order valence-electron chi connectivity index (χ2n) is 4.60. The maximum atomic E-state index is 6.27. The molecule has 1 aliphatic rings. The van der Waals surface area contributed by atoms with Crippen LogP contribution in [-0.4, -0.2) is 11.0 Å². The van der Waals surface area contributed by atoms with Crippen molar-refractivity contribution in [1.29, 1.82) is 0 Å². The van der Waals surface area contributed by atoms with Gasteiger partial charge in [-0.2, -0.15) is 0 Å². The third-order valence-electron chi connectivity index (χ3n) is 3.10. The first kappa shape index (κ1) is 13.0. The van der Waals surface area contributed by atoms with Gasteiger partial charge in [-0.15, -0.1) is 11.3 Å². The van der Waals surface area contributed by atoms with Crippen molar-refractivity contribution in [3.05, 3.63) is 38.5 Å². The van der Waals surface area contributed by atoms with Crippen LogP contribution >= 0.6 is 34.5 Å². The summed E-state index contributed by atoms with van der Waals surface area (Å²) in [4.78, 5) is 7.87. The van der Waals surface area contributed by atoms with Gasteiger partial charge in [0.05, 0.1) is 16.6 Å². The van der Waals surface area contributed by atoms with Crippen molar-refractivity contribution in [3.8, 4) is 0 Å². The summed E-state index contributed by atoms with van der Waals surface area (Å²) < 4.78 is 0. The number of nitrogens with zero attached hydrogens (tertiary/aromatic N) is 2. The molecule has 0 atom stereocenters. The summed E-state index contributed by atoms with van der Waals surface area (Å²) >= 11 is 13.9. The molecule has 6 heteroatoms. The summed E-state index contributed by atoms with van der Waals surface area (Å²) in [5.74, 6) is 1.07. The molecule has 19 heavy (non-hydrogen) atoms. The lowest BCUT2D eigenvalue weighted by Gasteiger charge is -2.24. The molecule has 2 aromatic rings. The number of rotatable bonds is 4. The third-order valence-corrected chi connectivity index (χ3v) is 4.55. The zero-order valence-corrected chi connectivity index (χ0v) is 12.5. The van der Waals surface area contributed by atoms with Crippen LogP contribution in [0.5, 0.6) is 0 Å². The molecule has 0 unspecified atom stereocenters. The number of nitrogens with two attached hydrogens (primary N) is 1. The number of hydrogen-bond donors (Lipinski definition) is 1. The molecule has 0 bridgehead atoms. The average Bonchev–Trinajstić information content (AvgIpc) is 3.09. The Labute approximate surface area is 126 Å². The van der Waals surface area contributed by atoms with Gasteiger partial charge in [-0.25, -0.2) is 4.98 Å². The molecular formula is C13H13Cl2N3S. The largest absolute Gasteiger partial charge is 0.382 e. The molecule has 2 heterocycles. The Morgan fingerprint density at radius 3 is 2.79 bits per heavy atom. The van der Waals surface area contributed by atoms with Gasteiger partial charge in [-0.1, -0.05) is 29.3 Å². The minimum absolute atomic E-state index is 0.331. The maximum Gasteiger partial charge on any atom is 0.150 e. The van der Waals surface area contributed by atoms with Crippen molar-refractivity contribution in [2.75, 3.05) is 10.6 Å². The Kier molecular flexibility index (Phi) is 3.56. The molecule has 0 aromatic carbocycles. The molecule has 0 amide bonds. The molecular weight excluding hydrogens is 301 g/mol. The first-order chi connectivity index (χ1) is 9.15. The summed E-state index contributed by atoms with van der Waals surface area (Å²) in [6, 6.07) is 6.35. The standard InChI is InChI=1S/C13H13Cl2N3S/c14-10-6-11(15)13(17-12(10)16)18(8-3-4-8)7-9-2-1-5-19-9/h1-2,5-6,8H,3-4,7H2,(H2,16,17). The fourth-order valence-corrected chi connectivity index (χ4v) is 3.18. The minimum Gasteiger partial charge on any atom is -0.382 e. The number of nitrogen functional groups attached to an aromatic ring is 1. The topological polar surface area (TPSA) is 42.1 Å². The molecule has 0 spiro atoms. The van der Waals surface area contributed by atoms with Gasteiger partial charge in [0.2, 0.25) is 0 Å². The molecule has 0 aliphatic heterocycles. The second kappa shape index (κ2) is 5.19. The minimum atomic E-state index is 0.331. The number of halogens is 2. The van der Waals surface area contributed by atoms with E-state index in [-0.39, 0.29) is 0 Å². The van der Waals surface area contributed by atoms with Crippen LogP contribution in [0.2, 0.25) is 10.0 Å². The number of thiophene rings is 1. The fourth-order valence-electron chi connectivity index (χ4n) is 2.01. The molecule has 1 saturated carbocycles. The predicted octanol–water partition coefficient (Wildman–Crippen LogP) is 4.20. The Hall–Kier alpha value is -0.970. The van der Waals surface area contributed by atoms with Gasteiger partial charge in [0.1, 0.15) is 5.82 Å². The summed E-state index contributed by atoms with van der Waals surface area (Å²) in [5, 5.41) is 3.04. The normalized spacial score (nSPS) is 14.6. The van der Waals surface area contributed by atoms with Gasteiger partial charge in [-0.3, -0.25) is 0 Å². The van der Waals surface area contributed by atoms with Gasteiger partial charge >= 0.3 is 0 Å². The predicted molar refractivity (Wildman–Crippen MR) is 82.2 cm³/mol. The average molecular weight is 314 g/mol. The van der Waals surface area contributed by atoms with E-state index in [1.54, 1.807) is 17.4 Å². The van der Waals surface area contributed by atoms with Crippen LogP contribution in [0.1, 0.15) is 17.7 Å². The Bertz CT molecular complexity index is 582. The highest BCUT2D eigenvalue weighted by Gasteiger charge is 2.31. The van der Waals surface area contributed by atoms with Crippen LogP contribution in [0.15, 0.2) is 23.6 Å². The van der Waals surface area contributed by atoms with Gasteiger partial charge in [0.15, 0.2) is 5.82 Å². The van der Waals surface area contributed by atoms with E-state index in [0.29, 0.717) is 21.9 Å². The zero-order valence-electron chi connectivity index (χ0n) is 10.1. The molecule has 3 nitrogen and oxygen atoms in total. The SMILES string of the molecule is Nc1nc(N(Cc2cccs2)C2CC2)c(Cl)cc1Cl. The lowest BCUT2D eigenvalue weighted by molar-refractivity contribution is 0.788. The van der Waals surface area contributed by atoms with Crippen LogP contribution < -0.4 is 10.6 Å². The van der Waals surface area contributed by atoms with Crippen molar-refractivity contribution < 1.29 is 0 Å². The van der Waals surface area contributed by atoms with E-state index in [1.165, 1.54) is 17.7 Å². The van der Waals surface area contributed by atoms with E-state index < -0.39 is 0 Å². The zero-order chi connectivity index (χ0) is 13.4. The fraction of sp³-hybridized carbons (Fsp3) is 0.308. The summed E-state index contributed by atoms with van der Waals surface area (Å²) in [6.07, 6.45) is 2.35. The smallest absolute Gasteiger partial charge is 0.150 e. The van der Waals surface area contributed by atoms with E-state index >= 15 is 0 Å². The molecule has 0 saturated heterocycles. The highest BCUT2D eigenvalue weighted by atomic mass is 35.5. The van der Waals surface area contributed by atoms with Gasteiger partial charge in [0, 0.05) is 10.9 Å². The van der Waals surface area contributed by atoms with Gasteiger partial charge in [0.25, 0.3) is 0 Å². The Morgan fingerprint density at radius 2 is 2.16 bits per heavy atom. The van der Waals surface area contributed by atoms with E-state index in [2.05, 4.69) is 27.4 Å². The van der Waals surface area contributed by atoms with E-state index in [0.717, 1.165) is 12.4 Å². The van der Waals surface area contributed by atoms with E-state index in [1.807, 2.05) is 0 Å². The van der Waals surface area contributed by atoms with Crippen molar-refractivity contribution >= 4 is 46.2 Å². The first-order valence-electron chi connectivity index (χ1n) is 6.05. The van der Waals surface area contributed by atoms with Gasteiger partial charge < -0.3 is 10.6 Å². The monoisotopic (exact) mass is 313 g/mol. The summed E-state index contributed by atoms with van der Waals surface area (Å²) in [6.45, 7) is 0.816. The second-order valence-corrected chi connectivity index (χ2v) is 6.45. The number of anilines is 2. The first-order valence-corrected chi connectivity index (χ1v) is 7.69. The van der Waals surface area contributed by atoms with Crippen molar-refractivity contribution in [3.63, 3.8) is 0 Å². The molecule has 1 fully saturated rings. The number of aromatic nitrogens is 1. The highest BCUT2D eigenvalue weighted by Crippen LogP contribution is 2.38. The van der Waals surface area contributed by atoms with Crippen LogP contribution in [0.4, 0.5) is 11.6 Å². The Balaban J connectivity index is 1.94. The molecule has 2 N–H and O–H groups in total. The van der Waals surface area contributed by atoms with Crippen LogP contribution in [0, 0.1) is 0 Å². The quantitative estimate of drug-likeness (QED) is 0.919.